The van der Waals surface area contributed by atoms with Crippen molar-refractivity contribution < 1.29 is 23.5 Å². The molecule has 0 spiro atoms. The molecular formula is C18H28N4O5. The van der Waals surface area contributed by atoms with E-state index in [2.05, 4.69) is 20.4 Å². The van der Waals surface area contributed by atoms with Crippen LogP contribution in [0, 0.1) is 0 Å². The highest BCUT2D eigenvalue weighted by molar-refractivity contribution is 6.35. The van der Waals surface area contributed by atoms with E-state index in [0.29, 0.717) is 46.1 Å². The molecule has 1 unspecified atom stereocenters. The molecule has 1 aromatic rings. The summed E-state index contributed by atoms with van der Waals surface area (Å²) in [7, 11) is 0. The Morgan fingerprint density at radius 1 is 1.00 bits per heavy atom. The summed E-state index contributed by atoms with van der Waals surface area (Å²) in [6.07, 6.45) is 1.61. The molecular weight excluding hydrogens is 352 g/mol. The Hall–Kier alpha value is -1.94. The number of ether oxygens (including phenoxy) is 2. The van der Waals surface area contributed by atoms with Gasteiger partial charge in [0.2, 0.25) is 0 Å². The molecule has 0 saturated carbocycles. The van der Waals surface area contributed by atoms with Crippen molar-refractivity contribution >= 4 is 11.8 Å². The molecule has 2 amide bonds. The summed E-state index contributed by atoms with van der Waals surface area (Å²) < 4.78 is 16.2. The monoisotopic (exact) mass is 380 g/mol. The Morgan fingerprint density at radius 3 is 2.33 bits per heavy atom. The van der Waals surface area contributed by atoms with Crippen LogP contribution in [0.1, 0.15) is 11.8 Å². The number of hydrogen-bond donors (Lipinski definition) is 2. The van der Waals surface area contributed by atoms with Gasteiger partial charge in [-0.3, -0.25) is 19.4 Å². The van der Waals surface area contributed by atoms with Crippen molar-refractivity contribution in [3.63, 3.8) is 0 Å². The zero-order chi connectivity index (χ0) is 18.9. The molecule has 0 bridgehead atoms. The summed E-state index contributed by atoms with van der Waals surface area (Å²) in [5.74, 6) is -0.463. The molecule has 3 rings (SSSR count). The summed E-state index contributed by atoms with van der Waals surface area (Å²) in [5.41, 5.74) is 0. The lowest BCUT2D eigenvalue weighted by Crippen LogP contribution is -2.48. The normalized spacial score (nSPS) is 20.1. The number of nitrogens with zero attached hydrogens (tertiary/aromatic N) is 2. The van der Waals surface area contributed by atoms with Crippen LogP contribution in [0.5, 0.6) is 0 Å². The molecule has 0 radical (unpaired) electrons. The molecule has 150 valence electrons. The predicted octanol–water partition coefficient (Wildman–Crippen LogP) is -0.782. The zero-order valence-electron chi connectivity index (χ0n) is 15.5. The SMILES string of the molecule is O=C(NCCN1CCOCC1)C(=O)NCC(c1ccco1)N1CCOCC1. The lowest BCUT2D eigenvalue weighted by molar-refractivity contribution is -0.139. The van der Waals surface area contributed by atoms with Gasteiger partial charge in [-0.05, 0) is 12.1 Å². The molecule has 1 aromatic heterocycles. The molecule has 9 nitrogen and oxygen atoms in total. The van der Waals surface area contributed by atoms with E-state index in [1.807, 2.05) is 12.1 Å². The predicted molar refractivity (Wildman–Crippen MR) is 97.1 cm³/mol. The summed E-state index contributed by atoms with van der Waals surface area (Å²) in [6, 6.07) is 3.59. The van der Waals surface area contributed by atoms with Gasteiger partial charge in [-0.15, -0.1) is 0 Å². The van der Waals surface area contributed by atoms with Crippen LogP contribution in [0.2, 0.25) is 0 Å². The smallest absolute Gasteiger partial charge is 0.309 e. The van der Waals surface area contributed by atoms with E-state index in [9.17, 15) is 9.59 Å². The lowest BCUT2D eigenvalue weighted by atomic mass is 10.1. The number of carbonyl (C=O) groups excluding carboxylic acids is 2. The van der Waals surface area contributed by atoms with Crippen molar-refractivity contribution in [3.8, 4) is 0 Å². The summed E-state index contributed by atoms with van der Waals surface area (Å²) in [6.45, 7) is 7.40. The summed E-state index contributed by atoms with van der Waals surface area (Å²) in [4.78, 5) is 28.6. The minimum atomic E-state index is -0.623. The van der Waals surface area contributed by atoms with Crippen LogP contribution in [-0.4, -0.2) is 93.9 Å². The van der Waals surface area contributed by atoms with Crippen molar-refractivity contribution in [2.75, 3.05) is 72.2 Å². The first-order chi connectivity index (χ1) is 13.2. The molecule has 2 aliphatic heterocycles. The van der Waals surface area contributed by atoms with Crippen molar-refractivity contribution in [2.45, 2.75) is 6.04 Å². The molecule has 2 N–H and O–H groups in total. The van der Waals surface area contributed by atoms with E-state index < -0.39 is 11.8 Å². The highest BCUT2D eigenvalue weighted by Crippen LogP contribution is 2.21. The van der Waals surface area contributed by atoms with Crippen molar-refractivity contribution in [3.05, 3.63) is 24.2 Å². The summed E-state index contributed by atoms with van der Waals surface area (Å²) in [5, 5.41) is 5.41. The number of rotatable bonds is 7. The Morgan fingerprint density at radius 2 is 1.67 bits per heavy atom. The van der Waals surface area contributed by atoms with Gasteiger partial charge >= 0.3 is 11.8 Å². The summed E-state index contributed by atoms with van der Waals surface area (Å²) >= 11 is 0. The van der Waals surface area contributed by atoms with Gasteiger partial charge in [0, 0.05) is 45.8 Å². The van der Waals surface area contributed by atoms with E-state index in [1.54, 1.807) is 6.26 Å². The molecule has 2 saturated heterocycles. The maximum absolute atomic E-state index is 12.2. The van der Waals surface area contributed by atoms with Gasteiger partial charge in [0.15, 0.2) is 0 Å². The Balaban J connectivity index is 1.43. The third kappa shape index (κ3) is 6.03. The first-order valence-electron chi connectivity index (χ1n) is 9.45. The molecule has 0 aliphatic carbocycles. The standard InChI is InChI=1S/C18H28N4O5/c23-17(19-3-4-21-5-10-25-11-6-21)18(24)20-14-15(16-2-1-9-27-16)22-7-12-26-13-8-22/h1-2,9,15H,3-8,10-14H2,(H,19,23)(H,20,24). The maximum atomic E-state index is 12.2. The average molecular weight is 380 g/mol. The maximum Gasteiger partial charge on any atom is 0.309 e. The van der Waals surface area contributed by atoms with Gasteiger partial charge < -0.3 is 24.5 Å². The first-order valence-corrected chi connectivity index (χ1v) is 9.45. The number of hydrogen-bond acceptors (Lipinski definition) is 7. The van der Waals surface area contributed by atoms with Crippen LogP contribution in [0.4, 0.5) is 0 Å². The number of carbonyl (C=O) groups is 2. The fourth-order valence-electron chi connectivity index (χ4n) is 3.28. The highest BCUT2D eigenvalue weighted by atomic mass is 16.5. The van der Waals surface area contributed by atoms with E-state index in [0.717, 1.165) is 31.9 Å². The van der Waals surface area contributed by atoms with Crippen LogP contribution in [0.3, 0.4) is 0 Å². The third-order valence-electron chi connectivity index (χ3n) is 4.84. The van der Waals surface area contributed by atoms with Gasteiger partial charge in [-0.2, -0.15) is 0 Å². The molecule has 1 atom stereocenters. The largest absolute Gasteiger partial charge is 0.468 e. The quantitative estimate of drug-likeness (QED) is 0.599. The van der Waals surface area contributed by atoms with Crippen LogP contribution >= 0.6 is 0 Å². The van der Waals surface area contributed by atoms with Crippen LogP contribution < -0.4 is 10.6 Å². The van der Waals surface area contributed by atoms with Gasteiger partial charge in [0.05, 0.1) is 38.7 Å². The third-order valence-corrected chi connectivity index (χ3v) is 4.84. The lowest BCUT2D eigenvalue weighted by Gasteiger charge is -2.33. The Bertz CT molecular complexity index is 583. The minimum Gasteiger partial charge on any atom is -0.468 e. The number of nitrogens with one attached hydrogen (secondary N) is 2. The van der Waals surface area contributed by atoms with Crippen LogP contribution in [0.15, 0.2) is 22.8 Å². The van der Waals surface area contributed by atoms with Crippen LogP contribution in [-0.2, 0) is 19.1 Å². The van der Waals surface area contributed by atoms with E-state index in [-0.39, 0.29) is 6.04 Å². The molecule has 27 heavy (non-hydrogen) atoms. The molecule has 3 heterocycles. The second-order valence-corrected chi connectivity index (χ2v) is 6.60. The first kappa shape index (κ1) is 19.8. The van der Waals surface area contributed by atoms with E-state index >= 15 is 0 Å². The van der Waals surface area contributed by atoms with Gasteiger partial charge in [0.1, 0.15) is 5.76 Å². The molecule has 2 fully saturated rings. The van der Waals surface area contributed by atoms with Gasteiger partial charge in [0.25, 0.3) is 0 Å². The number of morpholine rings is 2. The minimum absolute atomic E-state index is 0.117. The van der Waals surface area contributed by atoms with Crippen molar-refractivity contribution in [1.29, 1.82) is 0 Å². The number of amides is 2. The van der Waals surface area contributed by atoms with Gasteiger partial charge in [-0.1, -0.05) is 0 Å². The highest BCUT2D eigenvalue weighted by Gasteiger charge is 2.26. The second-order valence-electron chi connectivity index (χ2n) is 6.60. The zero-order valence-corrected chi connectivity index (χ0v) is 15.5. The fraction of sp³-hybridized carbons (Fsp3) is 0.667. The fourth-order valence-corrected chi connectivity index (χ4v) is 3.28. The Kier molecular flexibility index (Phi) is 7.64. The second kappa shape index (κ2) is 10.4. The molecule has 0 aromatic carbocycles. The number of furan rings is 1. The van der Waals surface area contributed by atoms with Crippen molar-refractivity contribution in [1.82, 2.24) is 20.4 Å². The van der Waals surface area contributed by atoms with Gasteiger partial charge in [-0.25, -0.2) is 0 Å². The van der Waals surface area contributed by atoms with E-state index in [4.69, 9.17) is 13.9 Å². The average Bonchev–Trinajstić information content (AvgIpc) is 3.24. The van der Waals surface area contributed by atoms with Crippen molar-refractivity contribution in [2.24, 2.45) is 0 Å². The van der Waals surface area contributed by atoms with Crippen LogP contribution in [0.25, 0.3) is 0 Å². The van der Waals surface area contributed by atoms with E-state index in [1.165, 1.54) is 0 Å². The molecule has 9 heteroatoms. The molecule has 2 aliphatic rings. The topological polar surface area (TPSA) is 96.3 Å². The Labute approximate surface area is 158 Å².